The maximum absolute atomic E-state index is 14.4. The van der Waals surface area contributed by atoms with Gasteiger partial charge in [-0.3, -0.25) is 9.59 Å². The fourth-order valence-corrected chi connectivity index (χ4v) is 4.19. The van der Waals surface area contributed by atoms with Gasteiger partial charge < -0.3 is 19.5 Å². The first-order chi connectivity index (χ1) is 14.4. The number of halogens is 1. The number of carbonyl (C=O) groups is 2. The van der Waals surface area contributed by atoms with Crippen molar-refractivity contribution in [2.24, 2.45) is 0 Å². The van der Waals surface area contributed by atoms with Crippen molar-refractivity contribution in [3.63, 3.8) is 0 Å². The lowest BCUT2D eigenvalue weighted by molar-refractivity contribution is 0.0251. The molecule has 1 N–H and O–H groups in total. The fraction of sp³-hybridized carbons (Fsp3) is 0.304. The van der Waals surface area contributed by atoms with Crippen molar-refractivity contribution in [3.8, 4) is 5.75 Å². The Labute approximate surface area is 174 Å². The van der Waals surface area contributed by atoms with Gasteiger partial charge >= 0.3 is 0 Å². The summed E-state index contributed by atoms with van der Waals surface area (Å²) in [6, 6.07) is 11.2. The molecular formula is C23H24FN3O3. The van der Waals surface area contributed by atoms with E-state index in [0.29, 0.717) is 24.4 Å². The fourth-order valence-electron chi connectivity index (χ4n) is 4.19. The first-order valence-corrected chi connectivity index (χ1v) is 9.91. The smallest absolute Gasteiger partial charge is 0.257 e. The van der Waals surface area contributed by atoms with Gasteiger partial charge in [0, 0.05) is 53.9 Å². The monoisotopic (exact) mass is 409 g/mol. The van der Waals surface area contributed by atoms with Crippen LogP contribution in [0.5, 0.6) is 5.75 Å². The number of ether oxygens (including phenoxy) is 1. The molecule has 1 aromatic heterocycles. The van der Waals surface area contributed by atoms with Crippen LogP contribution in [0.3, 0.4) is 0 Å². The van der Waals surface area contributed by atoms with Gasteiger partial charge in [-0.25, -0.2) is 4.39 Å². The molecule has 2 aromatic carbocycles. The average Bonchev–Trinajstić information content (AvgIpc) is 3.20. The molecule has 30 heavy (non-hydrogen) atoms. The maximum atomic E-state index is 14.4. The number of methoxy groups -OCH3 is 1. The number of H-pyrrole nitrogens is 1. The molecule has 0 radical (unpaired) electrons. The predicted octanol–water partition coefficient (Wildman–Crippen LogP) is 3.69. The number of rotatable bonds is 3. The molecule has 1 saturated heterocycles. The lowest BCUT2D eigenvalue weighted by Crippen LogP contribution is -2.59. The standard InChI is InChI=1S/C23H24FN3O3/c1-14-12-26(22(28)17-4-7-21-16(10-17)8-9-25-21)13-15(2)27(14)23(29)19-6-5-18(30-3)11-20(19)24/h4-11,14-15,25H,12-13H2,1-3H3/t14-,15-/m1/s1. The number of hydrogen-bond acceptors (Lipinski definition) is 3. The summed E-state index contributed by atoms with van der Waals surface area (Å²) in [6.45, 7) is 4.53. The molecule has 2 amide bonds. The Morgan fingerprint density at radius 1 is 1.03 bits per heavy atom. The van der Waals surface area contributed by atoms with E-state index < -0.39 is 5.82 Å². The summed E-state index contributed by atoms with van der Waals surface area (Å²) in [5, 5.41) is 0.978. The van der Waals surface area contributed by atoms with E-state index in [2.05, 4.69) is 4.98 Å². The summed E-state index contributed by atoms with van der Waals surface area (Å²) >= 11 is 0. The number of nitrogens with zero attached hydrogens (tertiary/aromatic N) is 2. The van der Waals surface area contributed by atoms with Crippen molar-refractivity contribution in [2.75, 3.05) is 20.2 Å². The van der Waals surface area contributed by atoms with E-state index in [1.54, 1.807) is 21.9 Å². The van der Waals surface area contributed by atoms with Crippen molar-refractivity contribution < 1.29 is 18.7 Å². The molecular weight excluding hydrogens is 385 g/mol. The van der Waals surface area contributed by atoms with Gasteiger partial charge in [-0.05, 0) is 50.2 Å². The van der Waals surface area contributed by atoms with Crippen LogP contribution in [0.4, 0.5) is 4.39 Å². The minimum atomic E-state index is -0.614. The largest absolute Gasteiger partial charge is 0.497 e. The molecule has 1 aliphatic heterocycles. The number of aromatic nitrogens is 1. The highest BCUT2D eigenvalue weighted by atomic mass is 19.1. The van der Waals surface area contributed by atoms with E-state index in [1.807, 2.05) is 38.2 Å². The minimum Gasteiger partial charge on any atom is -0.497 e. The quantitative estimate of drug-likeness (QED) is 0.718. The molecule has 2 atom stereocenters. The zero-order valence-corrected chi connectivity index (χ0v) is 17.2. The lowest BCUT2D eigenvalue weighted by Gasteiger charge is -2.44. The van der Waals surface area contributed by atoms with E-state index in [4.69, 9.17) is 4.74 Å². The zero-order valence-electron chi connectivity index (χ0n) is 17.2. The Hall–Kier alpha value is -3.35. The molecule has 0 saturated carbocycles. The predicted molar refractivity (Wildman–Crippen MR) is 112 cm³/mol. The summed E-state index contributed by atoms with van der Waals surface area (Å²) in [5.41, 5.74) is 1.60. The maximum Gasteiger partial charge on any atom is 0.257 e. The Morgan fingerprint density at radius 3 is 2.43 bits per heavy atom. The molecule has 3 aromatic rings. The minimum absolute atomic E-state index is 0.00665. The van der Waals surface area contributed by atoms with Gasteiger partial charge in [-0.2, -0.15) is 0 Å². The van der Waals surface area contributed by atoms with Crippen LogP contribution in [0.15, 0.2) is 48.7 Å². The summed E-state index contributed by atoms with van der Waals surface area (Å²) in [4.78, 5) is 32.6. The SMILES string of the molecule is COc1ccc(C(=O)N2[C@H](C)CN(C(=O)c3ccc4[nH]ccc4c3)C[C@H]2C)c(F)c1. The van der Waals surface area contributed by atoms with Crippen LogP contribution >= 0.6 is 0 Å². The van der Waals surface area contributed by atoms with Crippen molar-refractivity contribution in [1.82, 2.24) is 14.8 Å². The van der Waals surface area contributed by atoms with E-state index >= 15 is 0 Å². The number of benzene rings is 2. The average molecular weight is 409 g/mol. The number of amides is 2. The Balaban J connectivity index is 1.52. The highest BCUT2D eigenvalue weighted by Gasteiger charge is 2.36. The van der Waals surface area contributed by atoms with E-state index in [-0.39, 0.29) is 29.5 Å². The molecule has 0 unspecified atom stereocenters. The summed E-state index contributed by atoms with van der Waals surface area (Å²) in [5.74, 6) is -0.701. The molecule has 2 heterocycles. The number of nitrogens with one attached hydrogen (secondary N) is 1. The van der Waals surface area contributed by atoms with Crippen molar-refractivity contribution in [3.05, 3.63) is 65.6 Å². The molecule has 156 valence electrons. The van der Waals surface area contributed by atoms with Crippen LogP contribution in [0, 0.1) is 5.82 Å². The van der Waals surface area contributed by atoms with Crippen LogP contribution in [-0.2, 0) is 0 Å². The number of piperazine rings is 1. The van der Waals surface area contributed by atoms with Crippen LogP contribution in [0.25, 0.3) is 10.9 Å². The molecule has 0 bridgehead atoms. The van der Waals surface area contributed by atoms with Crippen LogP contribution in [0.1, 0.15) is 34.6 Å². The summed E-state index contributed by atoms with van der Waals surface area (Å²) in [7, 11) is 1.45. The van der Waals surface area contributed by atoms with Gasteiger partial charge in [0.2, 0.25) is 0 Å². The van der Waals surface area contributed by atoms with E-state index in [1.165, 1.54) is 19.2 Å². The molecule has 7 heteroatoms. The van der Waals surface area contributed by atoms with Gasteiger partial charge in [-0.15, -0.1) is 0 Å². The van der Waals surface area contributed by atoms with Crippen molar-refractivity contribution >= 4 is 22.7 Å². The van der Waals surface area contributed by atoms with Crippen LogP contribution < -0.4 is 4.74 Å². The Morgan fingerprint density at radius 2 is 1.77 bits per heavy atom. The first-order valence-electron chi connectivity index (χ1n) is 9.91. The van der Waals surface area contributed by atoms with E-state index in [9.17, 15) is 14.0 Å². The zero-order chi connectivity index (χ0) is 21.4. The van der Waals surface area contributed by atoms with Gasteiger partial charge in [-0.1, -0.05) is 0 Å². The molecule has 0 spiro atoms. The normalized spacial score (nSPS) is 19.2. The van der Waals surface area contributed by atoms with Gasteiger partial charge in [0.05, 0.1) is 12.7 Å². The Kier molecular flexibility index (Phi) is 5.20. The Bertz CT molecular complexity index is 1100. The number of fused-ring (bicyclic) bond motifs is 1. The second-order valence-corrected chi connectivity index (χ2v) is 7.75. The lowest BCUT2D eigenvalue weighted by atomic mass is 10.0. The van der Waals surface area contributed by atoms with Gasteiger partial charge in [0.25, 0.3) is 11.8 Å². The molecule has 6 nitrogen and oxygen atoms in total. The van der Waals surface area contributed by atoms with E-state index in [0.717, 1.165) is 10.9 Å². The molecule has 4 rings (SSSR count). The topological polar surface area (TPSA) is 65.6 Å². The third kappa shape index (κ3) is 3.51. The molecule has 0 aliphatic carbocycles. The van der Waals surface area contributed by atoms with Crippen LogP contribution in [-0.4, -0.2) is 58.9 Å². The van der Waals surface area contributed by atoms with Crippen molar-refractivity contribution in [1.29, 1.82) is 0 Å². The number of aromatic amines is 1. The highest BCUT2D eigenvalue weighted by molar-refractivity contribution is 5.99. The second-order valence-electron chi connectivity index (χ2n) is 7.75. The molecule has 1 aliphatic rings. The third-order valence-electron chi connectivity index (χ3n) is 5.65. The van der Waals surface area contributed by atoms with Gasteiger partial charge in [0.1, 0.15) is 11.6 Å². The summed E-state index contributed by atoms with van der Waals surface area (Å²) < 4.78 is 19.4. The molecule has 1 fully saturated rings. The second kappa shape index (κ2) is 7.82. The number of carbonyl (C=O) groups excluding carboxylic acids is 2. The van der Waals surface area contributed by atoms with Crippen LogP contribution in [0.2, 0.25) is 0 Å². The van der Waals surface area contributed by atoms with Gasteiger partial charge in [0.15, 0.2) is 0 Å². The third-order valence-corrected chi connectivity index (χ3v) is 5.65. The number of hydrogen-bond donors (Lipinski definition) is 1. The van der Waals surface area contributed by atoms with Crippen molar-refractivity contribution in [2.45, 2.75) is 25.9 Å². The first kappa shape index (κ1) is 19.9. The summed E-state index contributed by atoms with van der Waals surface area (Å²) in [6.07, 6.45) is 1.84. The highest BCUT2D eigenvalue weighted by Crippen LogP contribution is 2.24.